The average molecular weight is 327 g/mol. The summed E-state index contributed by atoms with van der Waals surface area (Å²) < 4.78 is 0. The van der Waals surface area contributed by atoms with E-state index >= 15 is 0 Å². The topological polar surface area (TPSA) is 0 Å². The van der Waals surface area contributed by atoms with Crippen molar-refractivity contribution in [2.24, 2.45) is 0 Å². The summed E-state index contributed by atoms with van der Waals surface area (Å²) in [5.41, 5.74) is 4.02. The number of hydrogen-bond donors (Lipinski definition) is 1. The van der Waals surface area contributed by atoms with Crippen LogP contribution in [-0.2, 0) is 6.42 Å². The van der Waals surface area contributed by atoms with Gasteiger partial charge in [0.2, 0.25) is 0 Å². The Morgan fingerprint density at radius 3 is 1.65 bits per heavy atom. The molecule has 0 amide bonds. The van der Waals surface area contributed by atoms with E-state index in [2.05, 4.69) is 56.0 Å². The van der Waals surface area contributed by atoms with Gasteiger partial charge in [-0.25, -0.2) is 0 Å². The van der Waals surface area contributed by atoms with Crippen molar-refractivity contribution in [1.82, 2.24) is 0 Å². The molecule has 23 heavy (non-hydrogen) atoms. The zero-order valence-corrected chi connectivity index (χ0v) is 15.3. The molecule has 0 nitrogen and oxygen atoms in total. The van der Waals surface area contributed by atoms with Crippen molar-refractivity contribution in [3.05, 3.63) is 54.1 Å². The van der Waals surface area contributed by atoms with E-state index in [4.69, 9.17) is 0 Å². The molecule has 0 saturated heterocycles. The highest BCUT2D eigenvalue weighted by molar-refractivity contribution is 7.80. The van der Waals surface area contributed by atoms with Crippen LogP contribution < -0.4 is 0 Å². The van der Waals surface area contributed by atoms with Gasteiger partial charge in [-0.2, -0.15) is 0 Å². The summed E-state index contributed by atoms with van der Waals surface area (Å²) in [5.74, 6) is 0. The predicted molar refractivity (Wildman–Crippen MR) is 105 cm³/mol. The molecule has 0 heterocycles. The lowest BCUT2D eigenvalue weighted by atomic mass is 10.0. The summed E-state index contributed by atoms with van der Waals surface area (Å²) in [6.07, 6.45) is 12.3. The van der Waals surface area contributed by atoms with Gasteiger partial charge in [0.25, 0.3) is 0 Å². The summed E-state index contributed by atoms with van der Waals surface area (Å²) in [5, 5.41) is 0. The van der Waals surface area contributed by atoms with Gasteiger partial charge >= 0.3 is 0 Å². The van der Waals surface area contributed by atoms with Crippen LogP contribution in [0.1, 0.15) is 63.9 Å². The maximum Gasteiger partial charge on any atom is 0.00404 e. The van der Waals surface area contributed by atoms with Crippen LogP contribution in [0.4, 0.5) is 0 Å². The van der Waals surface area contributed by atoms with Gasteiger partial charge in [0, 0.05) is 4.90 Å². The highest BCUT2D eigenvalue weighted by Crippen LogP contribution is 2.22. The summed E-state index contributed by atoms with van der Waals surface area (Å²) in [6, 6.07) is 17.4. The van der Waals surface area contributed by atoms with Gasteiger partial charge in [-0.05, 0) is 41.7 Å². The van der Waals surface area contributed by atoms with Crippen molar-refractivity contribution < 1.29 is 0 Å². The molecule has 1 heteroatoms. The van der Waals surface area contributed by atoms with E-state index in [9.17, 15) is 0 Å². The van der Waals surface area contributed by atoms with Crippen LogP contribution in [0.5, 0.6) is 0 Å². The Bertz CT molecular complexity index is 539. The molecule has 0 fully saturated rings. The molecule has 0 aliphatic carbocycles. The molecular formula is C22H30S. The van der Waals surface area contributed by atoms with Gasteiger partial charge in [0.15, 0.2) is 0 Å². The molecule has 124 valence electrons. The number of thiol groups is 1. The largest absolute Gasteiger partial charge is 0.143 e. The lowest BCUT2D eigenvalue weighted by molar-refractivity contribution is 0.575. The van der Waals surface area contributed by atoms with Crippen LogP contribution in [0.3, 0.4) is 0 Å². The van der Waals surface area contributed by atoms with Crippen LogP contribution in [0.2, 0.25) is 0 Å². The van der Waals surface area contributed by atoms with Crippen LogP contribution in [0, 0.1) is 0 Å². The first kappa shape index (κ1) is 18.1. The third-order valence-corrected chi connectivity index (χ3v) is 4.77. The molecule has 0 aliphatic rings. The lowest BCUT2D eigenvalue weighted by Crippen LogP contribution is -1.87. The third-order valence-electron chi connectivity index (χ3n) is 4.47. The van der Waals surface area contributed by atoms with Gasteiger partial charge in [0.05, 0.1) is 0 Å². The number of benzene rings is 2. The first-order valence-electron chi connectivity index (χ1n) is 9.18. The fourth-order valence-electron chi connectivity index (χ4n) is 2.98. The van der Waals surface area contributed by atoms with Gasteiger partial charge in [-0.15, -0.1) is 12.6 Å². The smallest absolute Gasteiger partial charge is 0.00404 e. The van der Waals surface area contributed by atoms with E-state index in [0.29, 0.717) is 0 Å². The van der Waals surface area contributed by atoms with E-state index in [-0.39, 0.29) is 0 Å². The molecule has 0 unspecified atom stereocenters. The molecule has 0 bridgehead atoms. The van der Waals surface area contributed by atoms with E-state index < -0.39 is 0 Å². The SMILES string of the molecule is CCCCCCCCCCc1ccc(-c2ccc(S)cc2)cc1. The van der Waals surface area contributed by atoms with Crippen LogP contribution in [0.25, 0.3) is 11.1 Å². The molecule has 0 spiro atoms. The number of hydrogen-bond acceptors (Lipinski definition) is 1. The third kappa shape index (κ3) is 6.83. The molecule has 2 aromatic rings. The quantitative estimate of drug-likeness (QED) is 0.343. The molecule has 2 aromatic carbocycles. The van der Waals surface area contributed by atoms with Crippen molar-refractivity contribution in [2.45, 2.75) is 69.6 Å². The average Bonchev–Trinajstić information content (AvgIpc) is 2.59. The molecule has 0 aliphatic heterocycles. The standard InChI is InChI=1S/C22H30S/c1-2-3-4-5-6-7-8-9-10-19-11-13-20(14-12-19)21-15-17-22(23)18-16-21/h11-18,23H,2-10H2,1H3. The van der Waals surface area contributed by atoms with E-state index in [1.165, 1.54) is 74.5 Å². The van der Waals surface area contributed by atoms with Gasteiger partial charge < -0.3 is 0 Å². The normalized spacial score (nSPS) is 10.9. The fourth-order valence-corrected chi connectivity index (χ4v) is 3.13. The predicted octanol–water partition coefficient (Wildman–Crippen LogP) is 7.33. The second-order valence-electron chi connectivity index (χ2n) is 6.47. The number of rotatable bonds is 10. The minimum absolute atomic E-state index is 1.01. The van der Waals surface area contributed by atoms with Crippen molar-refractivity contribution in [3.63, 3.8) is 0 Å². The van der Waals surface area contributed by atoms with Crippen molar-refractivity contribution in [2.75, 3.05) is 0 Å². The minimum atomic E-state index is 1.01. The summed E-state index contributed by atoms with van der Waals surface area (Å²) in [4.78, 5) is 1.01. The highest BCUT2D eigenvalue weighted by Gasteiger charge is 1.99. The Balaban J connectivity index is 1.68. The van der Waals surface area contributed by atoms with Gasteiger partial charge in [0.1, 0.15) is 0 Å². The van der Waals surface area contributed by atoms with Crippen LogP contribution >= 0.6 is 12.6 Å². The van der Waals surface area contributed by atoms with E-state index in [0.717, 1.165) is 4.90 Å². The van der Waals surface area contributed by atoms with Crippen molar-refractivity contribution in [3.8, 4) is 11.1 Å². The van der Waals surface area contributed by atoms with Gasteiger partial charge in [-0.1, -0.05) is 88.3 Å². The number of unbranched alkanes of at least 4 members (excludes halogenated alkanes) is 7. The first-order chi connectivity index (χ1) is 11.3. The van der Waals surface area contributed by atoms with Crippen molar-refractivity contribution >= 4 is 12.6 Å². The second kappa shape index (κ2) is 10.5. The Hall–Kier alpha value is -1.21. The molecule has 2 rings (SSSR count). The summed E-state index contributed by atoms with van der Waals surface area (Å²) in [7, 11) is 0. The van der Waals surface area contributed by atoms with E-state index in [1.807, 2.05) is 12.1 Å². The summed E-state index contributed by atoms with van der Waals surface area (Å²) >= 11 is 4.34. The van der Waals surface area contributed by atoms with E-state index in [1.54, 1.807) is 0 Å². The zero-order valence-electron chi connectivity index (χ0n) is 14.4. The maximum atomic E-state index is 4.34. The molecular weight excluding hydrogens is 296 g/mol. The molecule has 0 atom stereocenters. The molecule has 0 radical (unpaired) electrons. The number of aryl methyl sites for hydroxylation is 1. The first-order valence-corrected chi connectivity index (χ1v) is 9.62. The molecule has 0 saturated carbocycles. The zero-order chi connectivity index (χ0) is 16.3. The Labute approximate surface area is 147 Å². The fraction of sp³-hybridized carbons (Fsp3) is 0.455. The van der Waals surface area contributed by atoms with Crippen LogP contribution in [0.15, 0.2) is 53.4 Å². The minimum Gasteiger partial charge on any atom is -0.143 e. The Kier molecular flexibility index (Phi) is 8.31. The lowest BCUT2D eigenvalue weighted by Gasteiger charge is -2.05. The monoisotopic (exact) mass is 326 g/mol. The summed E-state index contributed by atoms with van der Waals surface area (Å²) in [6.45, 7) is 2.28. The van der Waals surface area contributed by atoms with Crippen molar-refractivity contribution in [1.29, 1.82) is 0 Å². The maximum absolute atomic E-state index is 4.34. The molecule has 0 aromatic heterocycles. The Morgan fingerprint density at radius 2 is 1.09 bits per heavy atom. The highest BCUT2D eigenvalue weighted by atomic mass is 32.1. The van der Waals surface area contributed by atoms with Gasteiger partial charge in [-0.3, -0.25) is 0 Å². The second-order valence-corrected chi connectivity index (χ2v) is 6.99. The van der Waals surface area contributed by atoms with Crippen LogP contribution in [-0.4, -0.2) is 0 Å². The molecule has 0 N–H and O–H groups in total. The Morgan fingerprint density at radius 1 is 0.609 bits per heavy atom.